The number of hydrogen-bond acceptors (Lipinski definition) is 3. The Kier molecular flexibility index (Phi) is 2.95. The van der Waals surface area contributed by atoms with Gasteiger partial charge < -0.3 is 10.6 Å². The molecule has 0 atom stereocenters. The van der Waals surface area contributed by atoms with E-state index >= 15 is 0 Å². The zero-order valence-electron chi connectivity index (χ0n) is 10.9. The quantitative estimate of drug-likeness (QED) is 0.875. The summed E-state index contributed by atoms with van der Waals surface area (Å²) < 4.78 is 0. The number of fused-ring (bicyclic) bond motifs is 1. The first-order chi connectivity index (χ1) is 9.61. The van der Waals surface area contributed by atoms with Crippen LogP contribution in [0.2, 0.25) is 0 Å². The molecule has 1 aliphatic rings. The summed E-state index contributed by atoms with van der Waals surface area (Å²) in [5, 5.41) is 5.48. The third-order valence-corrected chi connectivity index (χ3v) is 3.15. The van der Waals surface area contributed by atoms with Crippen LogP contribution in [0.25, 0.3) is 0 Å². The number of anilines is 2. The lowest BCUT2D eigenvalue weighted by atomic mass is 10.1. The van der Waals surface area contributed by atoms with E-state index in [1.807, 2.05) is 13.0 Å². The number of pyridine rings is 1. The molecule has 2 aromatic rings. The summed E-state index contributed by atoms with van der Waals surface area (Å²) in [6, 6.07) is 8.84. The predicted molar refractivity (Wildman–Crippen MR) is 75.7 cm³/mol. The maximum atomic E-state index is 12.2. The minimum atomic E-state index is -0.231. The van der Waals surface area contributed by atoms with Crippen molar-refractivity contribution in [3.8, 4) is 0 Å². The Balaban J connectivity index is 1.81. The van der Waals surface area contributed by atoms with Gasteiger partial charge in [0.2, 0.25) is 5.91 Å². The summed E-state index contributed by atoms with van der Waals surface area (Å²) in [6.07, 6.45) is 1.97. The van der Waals surface area contributed by atoms with E-state index in [1.165, 1.54) is 0 Å². The van der Waals surface area contributed by atoms with Crippen LogP contribution < -0.4 is 10.6 Å². The maximum absolute atomic E-state index is 12.2. The van der Waals surface area contributed by atoms with Gasteiger partial charge in [-0.3, -0.25) is 9.59 Å². The highest BCUT2D eigenvalue weighted by atomic mass is 16.2. The second-order valence-electron chi connectivity index (χ2n) is 4.77. The van der Waals surface area contributed by atoms with Crippen molar-refractivity contribution < 1.29 is 9.59 Å². The van der Waals surface area contributed by atoms with Gasteiger partial charge in [0, 0.05) is 17.4 Å². The molecule has 0 spiro atoms. The van der Waals surface area contributed by atoms with Crippen LogP contribution in [0.5, 0.6) is 0 Å². The molecule has 1 aromatic heterocycles. The first kappa shape index (κ1) is 12.3. The number of carbonyl (C=O) groups is 2. The van der Waals surface area contributed by atoms with Crippen LogP contribution in [-0.2, 0) is 11.2 Å². The normalized spacial score (nSPS) is 12.8. The minimum absolute atomic E-state index is 0.0436. The second kappa shape index (κ2) is 4.77. The highest BCUT2D eigenvalue weighted by Crippen LogP contribution is 2.24. The molecule has 5 heteroatoms. The molecule has 0 unspecified atom stereocenters. The second-order valence-corrected chi connectivity index (χ2v) is 4.77. The van der Waals surface area contributed by atoms with Crippen LogP contribution in [0, 0.1) is 6.92 Å². The van der Waals surface area contributed by atoms with E-state index in [9.17, 15) is 9.59 Å². The molecule has 5 nitrogen and oxygen atoms in total. The van der Waals surface area contributed by atoms with Gasteiger partial charge in [-0.15, -0.1) is 0 Å². The molecule has 1 aliphatic heterocycles. The van der Waals surface area contributed by atoms with Crippen LogP contribution in [0.3, 0.4) is 0 Å². The van der Waals surface area contributed by atoms with Crippen LogP contribution >= 0.6 is 0 Å². The van der Waals surface area contributed by atoms with Crippen LogP contribution in [0.15, 0.2) is 36.5 Å². The first-order valence-electron chi connectivity index (χ1n) is 6.28. The number of aryl methyl sites for hydroxylation is 1. The zero-order valence-corrected chi connectivity index (χ0v) is 10.9. The number of hydrogen-bond donors (Lipinski definition) is 2. The molecule has 2 amide bonds. The lowest BCUT2D eigenvalue weighted by molar-refractivity contribution is -0.115. The fourth-order valence-corrected chi connectivity index (χ4v) is 2.16. The zero-order chi connectivity index (χ0) is 14.1. The average Bonchev–Trinajstić information content (AvgIpc) is 2.77. The number of aromatic nitrogens is 1. The fraction of sp³-hybridized carbons (Fsp3) is 0.133. The van der Waals surface area contributed by atoms with Crippen LogP contribution in [0.4, 0.5) is 11.5 Å². The van der Waals surface area contributed by atoms with Crippen LogP contribution in [0.1, 0.15) is 21.5 Å². The molecule has 0 radical (unpaired) electrons. The SMILES string of the molecule is Cc1ccnc(NC(=O)c2ccc3c(c2)CC(=O)N3)c1. The van der Waals surface area contributed by atoms with Gasteiger partial charge >= 0.3 is 0 Å². The summed E-state index contributed by atoms with van der Waals surface area (Å²) in [7, 11) is 0. The minimum Gasteiger partial charge on any atom is -0.326 e. The van der Waals surface area contributed by atoms with Crippen molar-refractivity contribution in [3.63, 3.8) is 0 Å². The van der Waals surface area contributed by atoms with E-state index in [1.54, 1.807) is 30.5 Å². The van der Waals surface area contributed by atoms with Gasteiger partial charge in [0.1, 0.15) is 5.82 Å². The average molecular weight is 267 g/mol. The Morgan fingerprint density at radius 3 is 2.95 bits per heavy atom. The predicted octanol–water partition coefficient (Wildman–Crippen LogP) is 2.14. The molecule has 0 fully saturated rings. The van der Waals surface area contributed by atoms with Crippen molar-refractivity contribution >= 4 is 23.3 Å². The highest BCUT2D eigenvalue weighted by molar-refractivity contribution is 6.06. The Morgan fingerprint density at radius 2 is 2.15 bits per heavy atom. The summed E-state index contributed by atoms with van der Waals surface area (Å²) >= 11 is 0. The van der Waals surface area contributed by atoms with E-state index in [4.69, 9.17) is 0 Å². The van der Waals surface area contributed by atoms with Gasteiger partial charge in [-0.1, -0.05) is 0 Å². The van der Waals surface area contributed by atoms with E-state index in [-0.39, 0.29) is 11.8 Å². The maximum Gasteiger partial charge on any atom is 0.256 e. The molecule has 3 rings (SSSR count). The number of benzene rings is 1. The smallest absolute Gasteiger partial charge is 0.256 e. The molecule has 0 bridgehead atoms. The molecular weight excluding hydrogens is 254 g/mol. The third kappa shape index (κ3) is 2.38. The summed E-state index contributed by atoms with van der Waals surface area (Å²) in [4.78, 5) is 27.5. The summed E-state index contributed by atoms with van der Waals surface area (Å²) in [5.74, 6) is 0.243. The molecule has 0 saturated heterocycles. The first-order valence-corrected chi connectivity index (χ1v) is 6.28. The van der Waals surface area contributed by atoms with Gasteiger partial charge in [0.05, 0.1) is 6.42 Å². The monoisotopic (exact) mass is 267 g/mol. The summed E-state index contributed by atoms with van der Waals surface area (Å²) in [6.45, 7) is 1.93. The molecule has 2 heterocycles. The largest absolute Gasteiger partial charge is 0.326 e. The fourth-order valence-electron chi connectivity index (χ4n) is 2.16. The molecule has 2 N–H and O–H groups in total. The standard InChI is InChI=1S/C15H13N3O2/c1-9-4-5-16-13(6-9)18-15(20)10-2-3-12-11(7-10)8-14(19)17-12/h2-7H,8H2,1H3,(H,17,19)(H,16,18,20). The van der Waals surface area contributed by atoms with Crippen molar-refractivity contribution in [1.82, 2.24) is 4.98 Å². The van der Waals surface area contributed by atoms with E-state index in [0.717, 1.165) is 16.8 Å². The van der Waals surface area contributed by atoms with Crippen molar-refractivity contribution in [2.45, 2.75) is 13.3 Å². The summed E-state index contributed by atoms with van der Waals surface area (Å²) in [5.41, 5.74) is 3.17. The molecule has 1 aromatic carbocycles. The van der Waals surface area contributed by atoms with Crippen molar-refractivity contribution in [1.29, 1.82) is 0 Å². The molecule has 0 saturated carbocycles. The van der Waals surface area contributed by atoms with Crippen molar-refractivity contribution in [3.05, 3.63) is 53.2 Å². The third-order valence-electron chi connectivity index (χ3n) is 3.15. The van der Waals surface area contributed by atoms with E-state index < -0.39 is 0 Å². The number of amides is 2. The number of nitrogens with one attached hydrogen (secondary N) is 2. The highest BCUT2D eigenvalue weighted by Gasteiger charge is 2.19. The van der Waals surface area contributed by atoms with E-state index in [2.05, 4.69) is 15.6 Å². The van der Waals surface area contributed by atoms with Gasteiger partial charge in [-0.05, 0) is 48.4 Å². The Labute approximate surface area is 116 Å². The van der Waals surface area contributed by atoms with Gasteiger partial charge in [-0.25, -0.2) is 4.98 Å². The van der Waals surface area contributed by atoms with Crippen molar-refractivity contribution in [2.75, 3.05) is 10.6 Å². The Hall–Kier alpha value is -2.69. The number of carbonyl (C=O) groups excluding carboxylic acids is 2. The molecular formula is C15H13N3O2. The van der Waals surface area contributed by atoms with Gasteiger partial charge in [0.25, 0.3) is 5.91 Å². The lowest BCUT2D eigenvalue weighted by Crippen LogP contribution is -2.13. The van der Waals surface area contributed by atoms with Gasteiger partial charge in [0.15, 0.2) is 0 Å². The Bertz CT molecular complexity index is 710. The topological polar surface area (TPSA) is 71.1 Å². The van der Waals surface area contributed by atoms with Crippen molar-refractivity contribution in [2.24, 2.45) is 0 Å². The van der Waals surface area contributed by atoms with Crippen LogP contribution in [-0.4, -0.2) is 16.8 Å². The van der Waals surface area contributed by atoms with Gasteiger partial charge in [-0.2, -0.15) is 0 Å². The lowest BCUT2D eigenvalue weighted by Gasteiger charge is -2.06. The number of nitrogens with zero attached hydrogens (tertiary/aromatic N) is 1. The molecule has 0 aliphatic carbocycles. The number of rotatable bonds is 2. The molecule has 20 heavy (non-hydrogen) atoms. The Morgan fingerprint density at radius 1 is 1.30 bits per heavy atom. The van der Waals surface area contributed by atoms with E-state index in [0.29, 0.717) is 17.8 Å². The molecule has 100 valence electrons.